The Kier molecular flexibility index (Phi) is 6.71. The molecule has 0 spiro atoms. The van der Waals surface area contributed by atoms with Gasteiger partial charge in [0, 0.05) is 13.7 Å². The molecular formula is C20H24N2O3. The van der Waals surface area contributed by atoms with E-state index in [0.29, 0.717) is 0 Å². The molecule has 132 valence electrons. The van der Waals surface area contributed by atoms with Crippen molar-refractivity contribution in [2.24, 2.45) is 0 Å². The third-order valence-electron chi connectivity index (χ3n) is 4.12. The molecule has 5 heteroatoms. The van der Waals surface area contributed by atoms with Gasteiger partial charge in [-0.3, -0.25) is 9.59 Å². The van der Waals surface area contributed by atoms with Crippen molar-refractivity contribution in [1.82, 2.24) is 10.6 Å². The highest BCUT2D eigenvalue weighted by molar-refractivity contribution is 6.35. The minimum Gasteiger partial charge on any atom is -0.375 e. The van der Waals surface area contributed by atoms with E-state index in [2.05, 4.69) is 10.6 Å². The molecule has 0 aliphatic rings. The molecule has 0 saturated heterocycles. The molecule has 0 bridgehead atoms. The average molecular weight is 340 g/mol. The number of benzene rings is 2. The van der Waals surface area contributed by atoms with Crippen LogP contribution in [-0.2, 0) is 14.3 Å². The van der Waals surface area contributed by atoms with Gasteiger partial charge >= 0.3 is 11.8 Å². The molecule has 0 aliphatic heterocycles. The van der Waals surface area contributed by atoms with Crippen molar-refractivity contribution in [3.8, 4) is 0 Å². The van der Waals surface area contributed by atoms with Crippen molar-refractivity contribution >= 4 is 11.8 Å². The van der Waals surface area contributed by atoms with Gasteiger partial charge in [-0.25, -0.2) is 0 Å². The van der Waals surface area contributed by atoms with Crippen molar-refractivity contribution in [1.29, 1.82) is 0 Å². The summed E-state index contributed by atoms with van der Waals surface area (Å²) in [4.78, 5) is 24.1. The summed E-state index contributed by atoms with van der Waals surface area (Å²) in [6, 6.07) is 17.1. The average Bonchev–Trinajstić information content (AvgIpc) is 2.64. The Balaban J connectivity index is 1.90. The van der Waals surface area contributed by atoms with Crippen LogP contribution in [-0.4, -0.2) is 25.5 Å². The molecule has 2 amide bonds. The van der Waals surface area contributed by atoms with Gasteiger partial charge < -0.3 is 15.4 Å². The number of aryl methyl sites for hydroxylation is 1. The number of carbonyl (C=O) groups excluding carboxylic acids is 2. The molecular weight excluding hydrogens is 316 g/mol. The van der Waals surface area contributed by atoms with Crippen molar-refractivity contribution < 1.29 is 14.3 Å². The zero-order valence-electron chi connectivity index (χ0n) is 14.8. The van der Waals surface area contributed by atoms with Crippen LogP contribution in [0.4, 0.5) is 0 Å². The molecule has 2 atom stereocenters. The molecule has 0 unspecified atom stereocenters. The summed E-state index contributed by atoms with van der Waals surface area (Å²) in [5.41, 5.74) is 3.01. The topological polar surface area (TPSA) is 67.4 Å². The van der Waals surface area contributed by atoms with E-state index in [1.54, 1.807) is 7.11 Å². The Labute approximate surface area is 148 Å². The summed E-state index contributed by atoms with van der Waals surface area (Å²) in [5.74, 6) is -1.32. The molecule has 0 aromatic heterocycles. The van der Waals surface area contributed by atoms with Gasteiger partial charge in [0.2, 0.25) is 0 Å². The first kappa shape index (κ1) is 18.7. The fraction of sp³-hybridized carbons (Fsp3) is 0.300. The Bertz CT molecular complexity index is 716. The molecule has 0 saturated carbocycles. The number of methoxy groups -OCH3 is 1. The predicted octanol–water partition coefficient (Wildman–Crippen LogP) is 2.68. The van der Waals surface area contributed by atoms with Crippen molar-refractivity contribution in [3.63, 3.8) is 0 Å². The molecule has 0 fully saturated rings. The van der Waals surface area contributed by atoms with E-state index in [0.717, 1.165) is 16.7 Å². The normalized spacial score (nSPS) is 12.9. The number of nitrogens with one attached hydrogen (secondary N) is 2. The highest BCUT2D eigenvalue weighted by atomic mass is 16.5. The molecule has 0 aliphatic carbocycles. The summed E-state index contributed by atoms with van der Waals surface area (Å²) >= 11 is 0. The summed E-state index contributed by atoms with van der Waals surface area (Å²) in [5, 5.41) is 5.34. The lowest BCUT2D eigenvalue weighted by molar-refractivity contribution is -0.139. The molecule has 0 radical (unpaired) electrons. The van der Waals surface area contributed by atoms with Crippen LogP contribution in [0.1, 0.15) is 35.8 Å². The summed E-state index contributed by atoms with van der Waals surface area (Å²) < 4.78 is 5.45. The van der Waals surface area contributed by atoms with Crippen LogP contribution in [0.25, 0.3) is 0 Å². The maximum Gasteiger partial charge on any atom is 0.309 e. The van der Waals surface area contributed by atoms with Gasteiger partial charge in [0.25, 0.3) is 0 Å². The lowest BCUT2D eigenvalue weighted by Crippen LogP contribution is -2.42. The Morgan fingerprint density at radius 1 is 1.00 bits per heavy atom. The highest BCUT2D eigenvalue weighted by Gasteiger charge is 2.19. The van der Waals surface area contributed by atoms with Crippen LogP contribution >= 0.6 is 0 Å². The second kappa shape index (κ2) is 8.99. The number of hydrogen-bond acceptors (Lipinski definition) is 3. The van der Waals surface area contributed by atoms with Gasteiger partial charge in [0.15, 0.2) is 0 Å². The number of hydrogen-bond donors (Lipinski definition) is 2. The molecule has 5 nitrogen and oxygen atoms in total. The van der Waals surface area contributed by atoms with Crippen LogP contribution in [0, 0.1) is 6.92 Å². The second-order valence-corrected chi connectivity index (χ2v) is 5.90. The second-order valence-electron chi connectivity index (χ2n) is 5.90. The van der Waals surface area contributed by atoms with Crippen LogP contribution in [0.15, 0.2) is 54.6 Å². The lowest BCUT2D eigenvalue weighted by atomic mass is 10.0. The first-order valence-corrected chi connectivity index (χ1v) is 8.25. The zero-order chi connectivity index (χ0) is 18.2. The zero-order valence-corrected chi connectivity index (χ0v) is 14.8. The molecule has 2 rings (SSSR count). The lowest BCUT2D eigenvalue weighted by Gasteiger charge is -2.19. The Morgan fingerprint density at radius 3 is 2.28 bits per heavy atom. The van der Waals surface area contributed by atoms with E-state index < -0.39 is 11.8 Å². The van der Waals surface area contributed by atoms with E-state index in [-0.39, 0.29) is 18.7 Å². The van der Waals surface area contributed by atoms with Crippen LogP contribution in [0.2, 0.25) is 0 Å². The maximum atomic E-state index is 12.1. The number of amides is 2. The SMILES string of the molecule is CO[C@@H](CNC(=O)C(=O)N[C@@H](C)c1ccccc1)c1ccccc1C. The summed E-state index contributed by atoms with van der Waals surface area (Å²) in [6.45, 7) is 4.05. The van der Waals surface area contributed by atoms with Crippen molar-refractivity contribution in [3.05, 3.63) is 71.3 Å². The minimum atomic E-state index is -0.668. The number of ether oxygens (including phenoxy) is 1. The molecule has 25 heavy (non-hydrogen) atoms. The third kappa shape index (κ3) is 5.16. The third-order valence-corrected chi connectivity index (χ3v) is 4.12. The highest BCUT2D eigenvalue weighted by Crippen LogP contribution is 2.19. The van der Waals surface area contributed by atoms with E-state index in [1.807, 2.05) is 68.4 Å². The van der Waals surface area contributed by atoms with Gasteiger partial charge in [0.1, 0.15) is 0 Å². The smallest absolute Gasteiger partial charge is 0.309 e. The van der Waals surface area contributed by atoms with Gasteiger partial charge in [0.05, 0.1) is 12.1 Å². The van der Waals surface area contributed by atoms with Gasteiger partial charge in [-0.15, -0.1) is 0 Å². The predicted molar refractivity (Wildman–Crippen MR) is 96.9 cm³/mol. The van der Waals surface area contributed by atoms with Gasteiger partial charge in [-0.1, -0.05) is 54.6 Å². The molecule has 2 aromatic carbocycles. The van der Waals surface area contributed by atoms with E-state index >= 15 is 0 Å². The van der Waals surface area contributed by atoms with E-state index in [1.165, 1.54) is 0 Å². The van der Waals surface area contributed by atoms with Crippen LogP contribution in [0.5, 0.6) is 0 Å². The van der Waals surface area contributed by atoms with Crippen molar-refractivity contribution in [2.75, 3.05) is 13.7 Å². The largest absolute Gasteiger partial charge is 0.375 e. The first-order chi connectivity index (χ1) is 12.0. The standard InChI is InChI=1S/C20H24N2O3/c1-14-9-7-8-12-17(14)18(25-3)13-21-19(23)20(24)22-15(2)16-10-5-4-6-11-16/h4-12,15,18H,13H2,1-3H3,(H,21,23)(H,22,24)/t15-,18-/m0/s1. The molecule has 2 N–H and O–H groups in total. The minimum absolute atomic E-state index is 0.229. The van der Waals surface area contributed by atoms with Crippen molar-refractivity contribution in [2.45, 2.75) is 26.0 Å². The monoisotopic (exact) mass is 340 g/mol. The summed E-state index contributed by atoms with van der Waals surface area (Å²) in [6.07, 6.45) is -0.301. The quantitative estimate of drug-likeness (QED) is 0.795. The van der Waals surface area contributed by atoms with Crippen LogP contribution < -0.4 is 10.6 Å². The Hall–Kier alpha value is -2.66. The van der Waals surface area contributed by atoms with Gasteiger partial charge in [-0.2, -0.15) is 0 Å². The van der Waals surface area contributed by atoms with Crippen LogP contribution in [0.3, 0.4) is 0 Å². The van der Waals surface area contributed by atoms with Gasteiger partial charge in [-0.05, 0) is 30.5 Å². The van der Waals surface area contributed by atoms with E-state index in [4.69, 9.17) is 4.74 Å². The first-order valence-electron chi connectivity index (χ1n) is 8.25. The fourth-order valence-corrected chi connectivity index (χ4v) is 2.62. The molecule has 2 aromatic rings. The summed E-state index contributed by atoms with van der Waals surface area (Å²) in [7, 11) is 1.58. The number of rotatable bonds is 6. The fourth-order valence-electron chi connectivity index (χ4n) is 2.62. The maximum absolute atomic E-state index is 12.1. The number of carbonyl (C=O) groups is 2. The van der Waals surface area contributed by atoms with E-state index in [9.17, 15) is 9.59 Å². The Morgan fingerprint density at radius 2 is 1.64 bits per heavy atom. The molecule has 0 heterocycles.